The molecule has 0 saturated carbocycles. The summed E-state index contributed by atoms with van der Waals surface area (Å²) in [5, 5.41) is 0. The molecule has 0 aliphatic carbocycles. The smallest absolute Gasteiger partial charge is 0.255 e. The summed E-state index contributed by atoms with van der Waals surface area (Å²) in [5.74, 6) is 0.707. The highest BCUT2D eigenvalue weighted by Crippen LogP contribution is 2.27. The quantitative estimate of drug-likeness (QED) is 0.853. The van der Waals surface area contributed by atoms with Gasteiger partial charge in [0.2, 0.25) is 0 Å². The molecule has 0 spiro atoms. The van der Waals surface area contributed by atoms with Gasteiger partial charge in [-0.1, -0.05) is 6.92 Å². The van der Waals surface area contributed by atoms with Crippen LogP contribution in [0.5, 0.6) is 0 Å². The maximum atomic E-state index is 13.1. The fourth-order valence-electron chi connectivity index (χ4n) is 4.46. The second-order valence-electron chi connectivity index (χ2n) is 7.65. The molecular weight excluding hydrogens is 302 g/mol. The number of aryl methyl sites for hydroxylation is 1. The van der Waals surface area contributed by atoms with Gasteiger partial charge in [-0.2, -0.15) is 0 Å². The first-order chi connectivity index (χ1) is 11.4. The Morgan fingerprint density at radius 3 is 2.46 bits per heavy atom. The zero-order valence-corrected chi connectivity index (χ0v) is 15.7. The molecule has 0 radical (unpaired) electrons. The van der Waals surface area contributed by atoms with Gasteiger partial charge in [0.25, 0.3) is 5.91 Å². The Labute approximate surface area is 145 Å². The summed E-state index contributed by atoms with van der Waals surface area (Å²) < 4.78 is 7.72. The number of aromatic nitrogens is 1. The molecule has 5 heteroatoms. The van der Waals surface area contributed by atoms with Crippen LogP contribution in [0.2, 0.25) is 0 Å². The number of hydrogen-bond donors (Lipinski definition) is 0. The van der Waals surface area contributed by atoms with Gasteiger partial charge in [0.1, 0.15) is 0 Å². The van der Waals surface area contributed by atoms with Crippen LogP contribution in [-0.2, 0) is 4.74 Å². The number of carbonyl (C=O) groups is 1. The Morgan fingerprint density at radius 1 is 1.21 bits per heavy atom. The maximum absolute atomic E-state index is 13.1. The second kappa shape index (κ2) is 6.89. The summed E-state index contributed by atoms with van der Waals surface area (Å²) in [5.41, 5.74) is 3.13. The fourth-order valence-corrected chi connectivity index (χ4v) is 4.46. The number of nitrogens with zero attached hydrogens (tertiary/aromatic N) is 3. The first kappa shape index (κ1) is 17.5. The van der Waals surface area contributed by atoms with E-state index in [0.717, 1.165) is 50.7 Å². The molecule has 24 heavy (non-hydrogen) atoms. The molecule has 5 nitrogen and oxygen atoms in total. The van der Waals surface area contributed by atoms with Crippen molar-refractivity contribution in [2.45, 2.75) is 46.7 Å². The van der Waals surface area contributed by atoms with E-state index in [0.29, 0.717) is 18.0 Å². The summed E-state index contributed by atoms with van der Waals surface area (Å²) in [7, 11) is 0. The molecule has 1 aromatic heterocycles. The van der Waals surface area contributed by atoms with Crippen molar-refractivity contribution < 1.29 is 9.53 Å². The molecule has 134 valence electrons. The minimum absolute atomic E-state index is 0.192. The van der Waals surface area contributed by atoms with Gasteiger partial charge in [-0.25, -0.2) is 0 Å². The summed E-state index contributed by atoms with van der Waals surface area (Å²) >= 11 is 0. The predicted molar refractivity (Wildman–Crippen MR) is 95.5 cm³/mol. The van der Waals surface area contributed by atoms with E-state index < -0.39 is 0 Å². The minimum atomic E-state index is 0.192. The van der Waals surface area contributed by atoms with Crippen LogP contribution in [0.25, 0.3) is 0 Å². The van der Waals surface area contributed by atoms with Gasteiger partial charge >= 0.3 is 0 Å². The monoisotopic (exact) mass is 333 g/mol. The molecule has 0 bridgehead atoms. The third kappa shape index (κ3) is 3.11. The highest BCUT2D eigenvalue weighted by molar-refractivity contribution is 5.96. The van der Waals surface area contributed by atoms with Crippen molar-refractivity contribution in [1.82, 2.24) is 14.4 Å². The third-order valence-corrected chi connectivity index (χ3v) is 5.61. The number of hydrogen-bond acceptors (Lipinski definition) is 3. The summed E-state index contributed by atoms with van der Waals surface area (Å²) in [4.78, 5) is 17.7. The fraction of sp³-hybridized carbons (Fsp3) is 0.737. The van der Waals surface area contributed by atoms with Crippen molar-refractivity contribution in [1.29, 1.82) is 0 Å². The Balaban J connectivity index is 1.75. The average Bonchev–Trinajstić information content (AvgIpc) is 3.07. The average molecular weight is 333 g/mol. The number of amides is 1. The van der Waals surface area contributed by atoms with Crippen molar-refractivity contribution in [2.75, 3.05) is 39.4 Å². The van der Waals surface area contributed by atoms with Crippen molar-refractivity contribution in [3.05, 3.63) is 23.0 Å². The molecule has 2 aliphatic rings. The molecule has 1 aromatic rings. The molecule has 0 unspecified atom stereocenters. The summed E-state index contributed by atoms with van der Waals surface area (Å²) in [6.45, 7) is 16.0. The first-order valence-corrected chi connectivity index (χ1v) is 9.19. The number of ether oxygens (including phenoxy) is 1. The number of morpholine rings is 1. The Bertz CT molecular complexity index is 602. The highest BCUT2D eigenvalue weighted by Gasteiger charge is 2.37. The standard InChI is InChI=1S/C19H31N3O2/c1-13(2)22-15(4)10-17(16(22)5)19(23)21-11-14(3)18(12-21)20-6-8-24-9-7-20/h10,13-14,18H,6-9,11-12H2,1-5H3/t14-,18+/m0/s1. The molecule has 2 fully saturated rings. The van der Waals surface area contributed by atoms with Gasteiger partial charge in [-0.05, 0) is 39.7 Å². The van der Waals surface area contributed by atoms with Crippen molar-refractivity contribution in [3.63, 3.8) is 0 Å². The largest absolute Gasteiger partial charge is 0.379 e. The Hall–Kier alpha value is -1.33. The molecule has 3 rings (SSSR count). The van der Waals surface area contributed by atoms with Crippen LogP contribution in [0.4, 0.5) is 0 Å². The zero-order valence-electron chi connectivity index (χ0n) is 15.7. The van der Waals surface area contributed by atoms with Gasteiger partial charge in [-0.15, -0.1) is 0 Å². The molecule has 3 heterocycles. The molecule has 2 aliphatic heterocycles. The van der Waals surface area contributed by atoms with Crippen LogP contribution < -0.4 is 0 Å². The van der Waals surface area contributed by atoms with Crippen molar-refractivity contribution >= 4 is 5.91 Å². The topological polar surface area (TPSA) is 37.7 Å². The maximum Gasteiger partial charge on any atom is 0.255 e. The van der Waals surface area contributed by atoms with Crippen molar-refractivity contribution in [3.8, 4) is 0 Å². The van der Waals surface area contributed by atoms with E-state index in [-0.39, 0.29) is 5.91 Å². The summed E-state index contributed by atoms with van der Waals surface area (Å²) in [6.07, 6.45) is 0. The lowest BCUT2D eigenvalue weighted by molar-refractivity contribution is 0.0119. The zero-order chi connectivity index (χ0) is 17.4. The second-order valence-corrected chi connectivity index (χ2v) is 7.65. The van der Waals surface area contributed by atoms with Gasteiger partial charge in [0.05, 0.1) is 18.8 Å². The molecule has 1 amide bonds. The normalized spacial score (nSPS) is 25.7. The van der Waals surface area contributed by atoms with E-state index in [2.05, 4.69) is 55.1 Å². The van der Waals surface area contributed by atoms with Crippen LogP contribution >= 0.6 is 0 Å². The van der Waals surface area contributed by atoms with Crippen LogP contribution in [0.15, 0.2) is 6.07 Å². The molecule has 2 saturated heterocycles. The van der Waals surface area contributed by atoms with Gasteiger partial charge in [-0.3, -0.25) is 9.69 Å². The minimum Gasteiger partial charge on any atom is -0.379 e. The summed E-state index contributed by atoms with van der Waals surface area (Å²) in [6, 6.07) is 2.90. The van der Waals surface area contributed by atoms with E-state index in [1.54, 1.807) is 0 Å². The van der Waals surface area contributed by atoms with Crippen LogP contribution in [-0.4, -0.2) is 65.7 Å². The van der Waals surface area contributed by atoms with E-state index in [1.165, 1.54) is 5.69 Å². The number of likely N-dealkylation sites (tertiary alicyclic amines) is 1. The van der Waals surface area contributed by atoms with E-state index in [9.17, 15) is 4.79 Å². The molecule has 0 N–H and O–H groups in total. The molecule has 0 aromatic carbocycles. The van der Waals surface area contributed by atoms with E-state index >= 15 is 0 Å². The van der Waals surface area contributed by atoms with Gasteiger partial charge in [0.15, 0.2) is 0 Å². The van der Waals surface area contributed by atoms with Crippen LogP contribution in [0.3, 0.4) is 0 Å². The van der Waals surface area contributed by atoms with E-state index in [4.69, 9.17) is 4.74 Å². The van der Waals surface area contributed by atoms with E-state index in [1.807, 2.05) is 0 Å². The third-order valence-electron chi connectivity index (χ3n) is 5.61. The predicted octanol–water partition coefficient (Wildman–Crippen LogP) is 2.48. The van der Waals surface area contributed by atoms with Crippen LogP contribution in [0, 0.1) is 19.8 Å². The number of rotatable bonds is 3. The Morgan fingerprint density at radius 2 is 1.88 bits per heavy atom. The van der Waals surface area contributed by atoms with Gasteiger partial charge < -0.3 is 14.2 Å². The van der Waals surface area contributed by atoms with Crippen molar-refractivity contribution in [2.24, 2.45) is 5.92 Å². The van der Waals surface area contributed by atoms with Crippen LogP contribution in [0.1, 0.15) is 48.6 Å². The lowest BCUT2D eigenvalue weighted by atomic mass is 10.0. The highest BCUT2D eigenvalue weighted by atomic mass is 16.5. The lowest BCUT2D eigenvalue weighted by Gasteiger charge is -2.34. The van der Waals surface area contributed by atoms with Gasteiger partial charge in [0, 0.05) is 49.7 Å². The molecular formula is C19H31N3O2. The first-order valence-electron chi connectivity index (χ1n) is 9.19. The Kier molecular flexibility index (Phi) is 5.02. The number of carbonyl (C=O) groups excluding carboxylic acids is 1. The lowest BCUT2D eigenvalue weighted by Crippen LogP contribution is -2.47. The SMILES string of the molecule is Cc1cc(C(=O)N2C[C@@H](N3CCOCC3)[C@@H](C)C2)c(C)n1C(C)C. The molecule has 2 atom stereocenters.